The lowest BCUT2D eigenvalue weighted by molar-refractivity contribution is 0.413. The van der Waals surface area contributed by atoms with Crippen LogP contribution in [0.3, 0.4) is 0 Å². The Morgan fingerprint density at radius 1 is 1.19 bits per heavy atom. The summed E-state index contributed by atoms with van der Waals surface area (Å²) in [5.41, 5.74) is 2.55. The Kier molecular flexibility index (Phi) is 5.33. The highest BCUT2D eigenvalue weighted by Crippen LogP contribution is 2.16. The van der Waals surface area contributed by atoms with E-state index in [-0.39, 0.29) is 0 Å². The fourth-order valence-corrected chi connectivity index (χ4v) is 1.88. The summed E-state index contributed by atoms with van der Waals surface area (Å²) in [6.07, 6.45) is 2.36. The lowest BCUT2D eigenvalue weighted by atomic mass is 10.1. The van der Waals surface area contributed by atoms with Crippen molar-refractivity contribution in [2.24, 2.45) is 0 Å². The summed E-state index contributed by atoms with van der Waals surface area (Å²) in [7, 11) is 1.72. The highest BCUT2D eigenvalue weighted by atomic mass is 16.5. The van der Waals surface area contributed by atoms with Crippen molar-refractivity contribution in [1.82, 2.24) is 5.32 Å². The number of nitrogens with one attached hydrogen (secondary N) is 1. The van der Waals surface area contributed by atoms with Gasteiger partial charge in [0.05, 0.1) is 7.11 Å². The maximum atomic E-state index is 5.27. The van der Waals surface area contributed by atoms with Crippen LogP contribution in [0.25, 0.3) is 0 Å². The van der Waals surface area contributed by atoms with E-state index in [2.05, 4.69) is 44.3 Å². The predicted octanol–water partition coefficient (Wildman–Crippen LogP) is 3.28. The van der Waals surface area contributed by atoms with Gasteiger partial charge < -0.3 is 10.1 Å². The van der Waals surface area contributed by atoms with Crippen LogP contribution in [0.15, 0.2) is 18.2 Å². The standard InChI is InChI=1S/C14H23NO/c1-5-13(6-2)15-10-12-7-11(3)8-14(9-12)16-4/h7-9,13,15H,5-6,10H2,1-4H3. The van der Waals surface area contributed by atoms with E-state index in [4.69, 9.17) is 4.74 Å². The molecule has 1 N–H and O–H groups in total. The van der Waals surface area contributed by atoms with E-state index in [9.17, 15) is 0 Å². The third-order valence-electron chi connectivity index (χ3n) is 2.93. The zero-order valence-corrected chi connectivity index (χ0v) is 10.8. The van der Waals surface area contributed by atoms with E-state index in [1.165, 1.54) is 24.0 Å². The molecule has 0 atom stereocenters. The summed E-state index contributed by atoms with van der Waals surface area (Å²) in [6.45, 7) is 7.46. The Hall–Kier alpha value is -1.02. The second kappa shape index (κ2) is 6.54. The van der Waals surface area contributed by atoms with Crippen LogP contribution in [0.4, 0.5) is 0 Å². The van der Waals surface area contributed by atoms with Crippen molar-refractivity contribution in [1.29, 1.82) is 0 Å². The average Bonchev–Trinajstić information content (AvgIpc) is 2.29. The molecule has 0 saturated carbocycles. The van der Waals surface area contributed by atoms with Crippen molar-refractivity contribution >= 4 is 0 Å². The number of benzene rings is 1. The van der Waals surface area contributed by atoms with Gasteiger partial charge in [-0.15, -0.1) is 0 Å². The number of methoxy groups -OCH3 is 1. The lowest BCUT2D eigenvalue weighted by Crippen LogP contribution is -2.26. The van der Waals surface area contributed by atoms with Gasteiger partial charge in [0, 0.05) is 12.6 Å². The Balaban J connectivity index is 2.62. The molecular formula is C14H23NO. The summed E-state index contributed by atoms with van der Waals surface area (Å²) in [4.78, 5) is 0. The second-order valence-electron chi connectivity index (χ2n) is 4.25. The van der Waals surface area contributed by atoms with E-state index >= 15 is 0 Å². The molecule has 0 amide bonds. The molecule has 2 heteroatoms. The van der Waals surface area contributed by atoms with Crippen molar-refractivity contribution < 1.29 is 4.74 Å². The number of ether oxygens (including phenoxy) is 1. The first-order chi connectivity index (χ1) is 7.69. The van der Waals surface area contributed by atoms with E-state index in [1.54, 1.807) is 7.11 Å². The molecule has 0 aliphatic heterocycles. The Labute approximate surface area is 99.0 Å². The molecule has 0 heterocycles. The molecule has 0 fully saturated rings. The van der Waals surface area contributed by atoms with Crippen LogP contribution in [-0.4, -0.2) is 13.2 Å². The molecule has 1 aromatic rings. The maximum absolute atomic E-state index is 5.27. The zero-order chi connectivity index (χ0) is 12.0. The van der Waals surface area contributed by atoms with Gasteiger partial charge in [-0.25, -0.2) is 0 Å². The van der Waals surface area contributed by atoms with E-state index in [1.807, 2.05) is 0 Å². The third-order valence-corrected chi connectivity index (χ3v) is 2.93. The van der Waals surface area contributed by atoms with Gasteiger partial charge in [-0.05, 0) is 43.0 Å². The van der Waals surface area contributed by atoms with Crippen LogP contribution in [0, 0.1) is 6.92 Å². The number of hydrogen-bond acceptors (Lipinski definition) is 2. The molecule has 0 radical (unpaired) electrons. The SMILES string of the molecule is CCC(CC)NCc1cc(C)cc(OC)c1. The van der Waals surface area contributed by atoms with Crippen LogP contribution >= 0.6 is 0 Å². The van der Waals surface area contributed by atoms with Crippen LogP contribution in [0.5, 0.6) is 5.75 Å². The summed E-state index contributed by atoms with van der Waals surface area (Å²) in [5.74, 6) is 0.946. The van der Waals surface area contributed by atoms with Gasteiger partial charge in [-0.1, -0.05) is 19.9 Å². The monoisotopic (exact) mass is 221 g/mol. The molecule has 0 aromatic heterocycles. The van der Waals surface area contributed by atoms with Gasteiger partial charge in [0.15, 0.2) is 0 Å². The molecule has 0 unspecified atom stereocenters. The number of rotatable bonds is 6. The third kappa shape index (κ3) is 3.86. The molecular weight excluding hydrogens is 198 g/mol. The summed E-state index contributed by atoms with van der Waals surface area (Å²) in [6, 6.07) is 6.98. The summed E-state index contributed by atoms with van der Waals surface area (Å²) < 4.78 is 5.27. The first kappa shape index (κ1) is 13.0. The molecule has 0 spiro atoms. The van der Waals surface area contributed by atoms with Crippen LogP contribution in [0.2, 0.25) is 0 Å². The van der Waals surface area contributed by atoms with Crippen LogP contribution in [-0.2, 0) is 6.54 Å². The number of aryl methyl sites for hydroxylation is 1. The van der Waals surface area contributed by atoms with Crippen molar-refractivity contribution in [3.63, 3.8) is 0 Å². The average molecular weight is 221 g/mol. The smallest absolute Gasteiger partial charge is 0.119 e. The molecule has 16 heavy (non-hydrogen) atoms. The van der Waals surface area contributed by atoms with E-state index < -0.39 is 0 Å². The molecule has 2 nitrogen and oxygen atoms in total. The molecule has 1 rings (SSSR count). The van der Waals surface area contributed by atoms with Gasteiger partial charge in [0.2, 0.25) is 0 Å². The lowest BCUT2D eigenvalue weighted by Gasteiger charge is -2.15. The molecule has 0 aliphatic rings. The number of hydrogen-bond donors (Lipinski definition) is 1. The molecule has 1 aromatic carbocycles. The minimum atomic E-state index is 0.617. The van der Waals surface area contributed by atoms with Gasteiger partial charge in [-0.2, -0.15) is 0 Å². The first-order valence-electron chi connectivity index (χ1n) is 6.07. The van der Waals surface area contributed by atoms with Crippen molar-refractivity contribution in [3.8, 4) is 5.75 Å². The molecule has 90 valence electrons. The summed E-state index contributed by atoms with van der Waals surface area (Å²) in [5, 5.41) is 3.56. The Morgan fingerprint density at radius 2 is 1.88 bits per heavy atom. The fraction of sp³-hybridized carbons (Fsp3) is 0.571. The summed E-state index contributed by atoms with van der Waals surface area (Å²) >= 11 is 0. The van der Waals surface area contributed by atoms with E-state index in [0.717, 1.165) is 12.3 Å². The van der Waals surface area contributed by atoms with Crippen LogP contribution in [0.1, 0.15) is 37.8 Å². The van der Waals surface area contributed by atoms with Gasteiger partial charge in [-0.3, -0.25) is 0 Å². The first-order valence-corrected chi connectivity index (χ1v) is 6.07. The highest BCUT2D eigenvalue weighted by molar-refractivity contribution is 5.33. The Bertz CT molecular complexity index is 319. The minimum Gasteiger partial charge on any atom is -0.497 e. The fourth-order valence-electron chi connectivity index (χ4n) is 1.88. The van der Waals surface area contributed by atoms with Gasteiger partial charge >= 0.3 is 0 Å². The molecule has 0 bridgehead atoms. The second-order valence-corrected chi connectivity index (χ2v) is 4.25. The van der Waals surface area contributed by atoms with Gasteiger partial charge in [0.25, 0.3) is 0 Å². The van der Waals surface area contributed by atoms with E-state index in [0.29, 0.717) is 6.04 Å². The quantitative estimate of drug-likeness (QED) is 0.796. The molecule has 0 saturated heterocycles. The predicted molar refractivity (Wildman–Crippen MR) is 68.9 cm³/mol. The van der Waals surface area contributed by atoms with Crippen molar-refractivity contribution in [2.45, 2.75) is 46.2 Å². The van der Waals surface area contributed by atoms with Gasteiger partial charge in [0.1, 0.15) is 5.75 Å². The van der Waals surface area contributed by atoms with Crippen molar-refractivity contribution in [2.75, 3.05) is 7.11 Å². The normalized spacial score (nSPS) is 10.8. The molecule has 0 aliphatic carbocycles. The zero-order valence-electron chi connectivity index (χ0n) is 10.8. The largest absolute Gasteiger partial charge is 0.497 e. The minimum absolute atomic E-state index is 0.617. The highest BCUT2D eigenvalue weighted by Gasteiger charge is 2.03. The Morgan fingerprint density at radius 3 is 2.44 bits per heavy atom. The topological polar surface area (TPSA) is 21.3 Å². The van der Waals surface area contributed by atoms with Crippen molar-refractivity contribution in [3.05, 3.63) is 29.3 Å². The maximum Gasteiger partial charge on any atom is 0.119 e. The van der Waals surface area contributed by atoms with Crippen LogP contribution < -0.4 is 10.1 Å².